The number of fused-ring (bicyclic) bond motifs is 1. The largest absolute Gasteiger partial charge is 0.507 e. The number of pyridine rings is 1. The average Bonchev–Trinajstić information content (AvgIpc) is 3.38. The van der Waals surface area contributed by atoms with Gasteiger partial charge in [0.15, 0.2) is 0 Å². The third kappa shape index (κ3) is 4.85. The van der Waals surface area contributed by atoms with Gasteiger partial charge in [0.2, 0.25) is 5.89 Å². The van der Waals surface area contributed by atoms with E-state index < -0.39 is 0 Å². The summed E-state index contributed by atoms with van der Waals surface area (Å²) in [6.07, 6.45) is 1.86. The fourth-order valence-corrected chi connectivity index (χ4v) is 4.51. The van der Waals surface area contributed by atoms with Gasteiger partial charge in [-0.1, -0.05) is 78.7 Å². The Labute approximate surface area is 229 Å². The summed E-state index contributed by atoms with van der Waals surface area (Å²) in [5, 5.41) is 10.3. The number of rotatable bonds is 5. The van der Waals surface area contributed by atoms with E-state index in [0.717, 1.165) is 27.9 Å². The zero-order chi connectivity index (χ0) is 24.5. The summed E-state index contributed by atoms with van der Waals surface area (Å²) in [6, 6.07) is 37.2. The Kier molecular flexibility index (Phi) is 7.03. The van der Waals surface area contributed by atoms with Gasteiger partial charge in [-0.15, -0.1) is 29.8 Å². The molecule has 4 aromatic carbocycles. The van der Waals surface area contributed by atoms with E-state index >= 15 is 0 Å². The van der Waals surface area contributed by atoms with Crippen molar-refractivity contribution >= 4 is 11.1 Å². The van der Waals surface area contributed by atoms with Crippen LogP contribution in [0.3, 0.4) is 0 Å². The quantitative estimate of drug-likeness (QED) is 0.191. The standard InChI is InChI=1S/C32H23N2O2.Pt/c1-21(22-9-3-2-4-10-22)23-17-18-33-28(20-23)25-12-7-11-24(19-25)26-14-8-16-30-31(26)34-32(36-30)27-13-5-6-15-29(27)35;/h2-18,20-21,35H,1H3;/q-1;. The van der Waals surface area contributed by atoms with Gasteiger partial charge < -0.3 is 9.52 Å². The molecule has 0 saturated heterocycles. The maximum absolute atomic E-state index is 10.3. The van der Waals surface area contributed by atoms with Gasteiger partial charge in [0.05, 0.1) is 11.1 Å². The molecular weight excluding hydrogens is 639 g/mol. The van der Waals surface area contributed by atoms with Crippen LogP contribution in [0.4, 0.5) is 0 Å². The summed E-state index contributed by atoms with van der Waals surface area (Å²) in [6.45, 7) is 2.21. The van der Waals surface area contributed by atoms with Crippen molar-refractivity contribution in [3.05, 3.63) is 127 Å². The van der Waals surface area contributed by atoms with Crippen molar-refractivity contribution in [2.45, 2.75) is 12.8 Å². The minimum atomic E-state index is 0. The van der Waals surface area contributed by atoms with Crippen LogP contribution in [0.1, 0.15) is 24.0 Å². The molecule has 6 aromatic rings. The first-order chi connectivity index (χ1) is 17.7. The van der Waals surface area contributed by atoms with Crippen LogP contribution < -0.4 is 0 Å². The zero-order valence-electron chi connectivity index (χ0n) is 20.0. The molecule has 0 bridgehead atoms. The van der Waals surface area contributed by atoms with Crippen LogP contribution in [0.25, 0.3) is 44.9 Å². The predicted octanol–water partition coefficient (Wildman–Crippen LogP) is 7.88. The van der Waals surface area contributed by atoms with Crippen LogP contribution in [-0.2, 0) is 21.1 Å². The number of aromatic hydroxyl groups is 1. The third-order valence-electron chi connectivity index (χ3n) is 6.50. The number of hydrogen-bond acceptors (Lipinski definition) is 4. The average molecular weight is 663 g/mol. The molecule has 0 radical (unpaired) electrons. The Bertz CT molecular complexity index is 1680. The molecule has 0 aliphatic heterocycles. The minimum Gasteiger partial charge on any atom is -0.507 e. The fourth-order valence-electron chi connectivity index (χ4n) is 4.51. The number of oxazole rings is 1. The first kappa shape index (κ1) is 24.7. The summed E-state index contributed by atoms with van der Waals surface area (Å²) >= 11 is 0. The second kappa shape index (κ2) is 10.5. The summed E-state index contributed by atoms with van der Waals surface area (Å²) in [7, 11) is 0. The van der Waals surface area contributed by atoms with Crippen molar-refractivity contribution in [3.63, 3.8) is 0 Å². The molecular formula is C32H23N2O2Pt-. The first-order valence-electron chi connectivity index (χ1n) is 11.9. The summed E-state index contributed by atoms with van der Waals surface area (Å²) in [4.78, 5) is 9.37. The van der Waals surface area contributed by atoms with Gasteiger partial charge >= 0.3 is 0 Å². The molecule has 0 spiro atoms. The molecule has 0 aliphatic carbocycles. The number of benzene rings is 4. The molecule has 1 N–H and O–H groups in total. The SMILES string of the molecule is CC(c1ccccc1)c1ccnc(-c2[c-]c(-c3cccc4oc(-c5ccccc5O)nc34)ccc2)c1.[Pt]. The van der Waals surface area contributed by atoms with Gasteiger partial charge in [-0.25, -0.2) is 4.98 Å². The number of phenols is 1. The van der Waals surface area contributed by atoms with Gasteiger partial charge in [-0.3, -0.25) is 4.98 Å². The van der Waals surface area contributed by atoms with E-state index in [4.69, 9.17) is 9.40 Å². The topological polar surface area (TPSA) is 59.2 Å². The molecule has 0 saturated carbocycles. The number of nitrogens with zero attached hydrogens (tertiary/aromatic N) is 2. The van der Waals surface area contributed by atoms with Crippen LogP contribution in [0.2, 0.25) is 0 Å². The van der Waals surface area contributed by atoms with Crippen LogP contribution >= 0.6 is 0 Å². The third-order valence-corrected chi connectivity index (χ3v) is 6.50. The molecule has 2 heterocycles. The zero-order valence-corrected chi connectivity index (χ0v) is 22.3. The summed E-state index contributed by atoms with van der Waals surface area (Å²) in [5.41, 5.74) is 8.01. The van der Waals surface area contributed by atoms with Crippen molar-refractivity contribution in [3.8, 4) is 39.6 Å². The molecule has 37 heavy (non-hydrogen) atoms. The van der Waals surface area contributed by atoms with Crippen molar-refractivity contribution in [1.82, 2.24) is 9.97 Å². The predicted molar refractivity (Wildman–Crippen MR) is 143 cm³/mol. The number of hydrogen-bond donors (Lipinski definition) is 1. The number of phenolic OH excluding ortho intramolecular Hbond substituents is 1. The molecule has 2 aromatic heterocycles. The van der Waals surface area contributed by atoms with E-state index in [1.54, 1.807) is 18.2 Å². The monoisotopic (exact) mass is 662 g/mol. The Morgan fingerprint density at radius 1 is 0.757 bits per heavy atom. The van der Waals surface area contributed by atoms with Crippen molar-refractivity contribution < 1.29 is 30.6 Å². The normalized spacial score (nSPS) is 11.7. The van der Waals surface area contributed by atoms with Gasteiger partial charge in [-0.05, 0) is 35.4 Å². The van der Waals surface area contributed by atoms with E-state index in [-0.39, 0.29) is 32.7 Å². The molecule has 1 atom stereocenters. The number of aromatic nitrogens is 2. The van der Waals surface area contributed by atoms with E-state index in [9.17, 15) is 5.11 Å². The fraction of sp³-hybridized carbons (Fsp3) is 0.0625. The van der Waals surface area contributed by atoms with Crippen LogP contribution in [0, 0.1) is 6.07 Å². The number of para-hydroxylation sites is 2. The van der Waals surface area contributed by atoms with Gasteiger partial charge in [0, 0.05) is 38.9 Å². The van der Waals surface area contributed by atoms with Gasteiger partial charge in [-0.2, -0.15) is 0 Å². The Hall–Kier alpha value is -4.01. The smallest absolute Gasteiger partial charge is 0.230 e. The molecule has 1 unspecified atom stereocenters. The maximum Gasteiger partial charge on any atom is 0.230 e. The van der Waals surface area contributed by atoms with Crippen LogP contribution in [-0.4, -0.2) is 15.1 Å². The molecule has 6 rings (SSSR count). The Balaban J connectivity index is 0.00000280. The molecule has 184 valence electrons. The molecule has 0 fully saturated rings. The van der Waals surface area contributed by atoms with Crippen LogP contribution in [0.5, 0.6) is 5.75 Å². The maximum atomic E-state index is 10.3. The van der Waals surface area contributed by atoms with Gasteiger partial charge in [0.25, 0.3) is 0 Å². The minimum absolute atomic E-state index is 0. The molecule has 0 amide bonds. The first-order valence-corrected chi connectivity index (χ1v) is 11.9. The molecule has 5 heteroatoms. The van der Waals surface area contributed by atoms with E-state index in [1.165, 1.54) is 11.1 Å². The Morgan fingerprint density at radius 2 is 1.49 bits per heavy atom. The van der Waals surface area contributed by atoms with Crippen molar-refractivity contribution in [2.24, 2.45) is 0 Å². The van der Waals surface area contributed by atoms with E-state index in [2.05, 4.69) is 54.4 Å². The van der Waals surface area contributed by atoms with E-state index in [1.807, 2.05) is 54.7 Å². The summed E-state index contributed by atoms with van der Waals surface area (Å²) in [5.74, 6) is 0.777. The van der Waals surface area contributed by atoms with E-state index in [0.29, 0.717) is 17.0 Å². The van der Waals surface area contributed by atoms with Gasteiger partial charge in [0.1, 0.15) is 11.3 Å². The molecule has 4 nitrogen and oxygen atoms in total. The Morgan fingerprint density at radius 3 is 2.32 bits per heavy atom. The van der Waals surface area contributed by atoms with Crippen LogP contribution in [0.15, 0.2) is 114 Å². The second-order valence-corrected chi connectivity index (χ2v) is 8.77. The molecule has 0 aliphatic rings. The van der Waals surface area contributed by atoms with Crippen molar-refractivity contribution in [2.75, 3.05) is 0 Å². The summed E-state index contributed by atoms with van der Waals surface area (Å²) < 4.78 is 6.00. The van der Waals surface area contributed by atoms with Crippen molar-refractivity contribution in [1.29, 1.82) is 0 Å². The second-order valence-electron chi connectivity index (χ2n) is 8.77.